The maximum atomic E-state index is 12.9. The Bertz CT molecular complexity index is 1500. The highest BCUT2D eigenvalue weighted by Gasteiger charge is 2.21. The topological polar surface area (TPSA) is 114 Å². The number of aromatic nitrogens is 4. The third kappa shape index (κ3) is 7.68. The van der Waals surface area contributed by atoms with Gasteiger partial charge in [-0.25, -0.2) is 14.5 Å². The molecular weight excluding hydrogens is 586 g/mol. The van der Waals surface area contributed by atoms with Crippen LogP contribution in [0.4, 0.5) is 10.6 Å². The molecular formula is C30H34BrN7O3. The van der Waals surface area contributed by atoms with Crippen LogP contribution in [0.5, 0.6) is 5.75 Å². The van der Waals surface area contributed by atoms with Crippen molar-refractivity contribution in [3.05, 3.63) is 64.9 Å². The summed E-state index contributed by atoms with van der Waals surface area (Å²) >= 11 is 3.67. The van der Waals surface area contributed by atoms with Gasteiger partial charge in [0.25, 0.3) is 5.91 Å². The maximum absolute atomic E-state index is 12.9. The van der Waals surface area contributed by atoms with Crippen LogP contribution in [0.2, 0.25) is 0 Å². The molecule has 0 spiro atoms. The number of amides is 2. The van der Waals surface area contributed by atoms with E-state index in [-0.39, 0.29) is 5.91 Å². The number of pyridine rings is 2. The quantitative estimate of drug-likeness (QED) is 0.194. The van der Waals surface area contributed by atoms with Crippen molar-refractivity contribution < 1.29 is 14.3 Å². The highest BCUT2D eigenvalue weighted by Crippen LogP contribution is 2.35. The number of benzene rings is 1. The van der Waals surface area contributed by atoms with Crippen molar-refractivity contribution in [2.45, 2.75) is 38.6 Å². The molecule has 2 amide bonds. The molecule has 41 heavy (non-hydrogen) atoms. The number of halogens is 1. The summed E-state index contributed by atoms with van der Waals surface area (Å²) < 4.78 is 8.04. The van der Waals surface area contributed by atoms with E-state index in [9.17, 15) is 9.59 Å². The fraction of sp³-hybridized carbons (Fsp3) is 0.367. The van der Waals surface area contributed by atoms with Crippen molar-refractivity contribution in [1.29, 1.82) is 0 Å². The second-order valence-electron chi connectivity index (χ2n) is 10.5. The lowest BCUT2D eigenvalue weighted by atomic mass is 10.1. The lowest BCUT2D eigenvalue weighted by Gasteiger charge is -2.11. The van der Waals surface area contributed by atoms with Crippen LogP contribution in [0, 0.1) is 5.92 Å². The molecule has 0 saturated heterocycles. The van der Waals surface area contributed by atoms with Gasteiger partial charge in [-0.15, -0.1) is 0 Å². The zero-order chi connectivity index (χ0) is 28.8. The van der Waals surface area contributed by atoms with Gasteiger partial charge in [0.1, 0.15) is 5.75 Å². The van der Waals surface area contributed by atoms with Gasteiger partial charge in [-0.2, -0.15) is 5.10 Å². The average molecular weight is 621 g/mol. The van der Waals surface area contributed by atoms with Crippen LogP contribution < -0.4 is 15.4 Å². The minimum Gasteiger partial charge on any atom is -0.410 e. The summed E-state index contributed by atoms with van der Waals surface area (Å²) in [7, 11) is 3.88. The first-order chi connectivity index (χ1) is 19.9. The van der Waals surface area contributed by atoms with E-state index in [4.69, 9.17) is 14.8 Å². The number of nitrogens with one attached hydrogen (secondary N) is 2. The molecule has 1 fully saturated rings. The molecule has 3 aromatic heterocycles. The van der Waals surface area contributed by atoms with E-state index in [1.807, 2.05) is 41.9 Å². The number of rotatable bonds is 12. The van der Waals surface area contributed by atoms with E-state index in [1.54, 1.807) is 30.5 Å². The van der Waals surface area contributed by atoms with Gasteiger partial charge in [-0.1, -0.05) is 25.7 Å². The summed E-state index contributed by atoms with van der Waals surface area (Å²) in [4.78, 5) is 36.0. The highest BCUT2D eigenvalue weighted by molar-refractivity contribution is 9.10. The number of hydrogen-bond acceptors (Lipinski definition) is 7. The van der Waals surface area contributed by atoms with Crippen molar-refractivity contribution in [2.24, 2.45) is 5.92 Å². The fourth-order valence-corrected chi connectivity index (χ4v) is 5.05. The molecule has 214 valence electrons. The summed E-state index contributed by atoms with van der Waals surface area (Å²) in [5.41, 5.74) is 2.72. The van der Waals surface area contributed by atoms with Gasteiger partial charge < -0.3 is 20.3 Å². The van der Waals surface area contributed by atoms with Gasteiger partial charge in [0.05, 0.1) is 16.6 Å². The van der Waals surface area contributed by atoms with E-state index < -0.39 is 6.09 Å². The Kier molecular flexibility index (Phi) is 9.25. The van der Waals surface area contributed by atoms with Crippen molar-refractivity contribution >= 4 is 44.8 Å². The predicted molar refractivity (Wildman–Crippen MR) is 162 cm³/mol. The molecule has 1 saturated carbocycles. The lowest BCUT2D eigenvalue weighted by molar-refractivity contribution is 0.102. The SMILES string of the molecule is CN(C)CCNC(=O)Oc1ccc(-c2nc3c(cc2Br)c(NC(=O)c2cccnc2)nn3CCCCC2CC2)cc1. The Morgan fingerprint density at radius 1 is 1.15 bits per heavy atom. The number of aryl methyl sites for hydroxylation is 1. The van der Waals surface area contributed by atoms with Gasteiger partial charge in [0, 0.05) is 42.1 Å². The van der Waals surface area contributed by atoms with Crippen LogP contribution in [-0.4, -0.2) is 63.8 Å². The summed E-state index contributed by atoms with van der Waals surface area (Å²) in [6, 6.07) is 12.6. The number of carbonyl (C=O) groups is 2. The number of unbranched alkanes of at least 4 members (excludes halogenated alkanes) is 1. The van der Waals surface area contributed by atoms with Crippen LogP contribution in [0.1, 0.15) is 42.5 Å². The molecule has 1 aromatic carbocycles. The Hall–Kier alpha value is -3.83. The zero-order valence-electron chi connectivity index (χ0n) is 23.3. The van der Waals surface area contributed by atoms with Gasteiger partial charge >= 0.3 is 6.09 Å². The van der Waals surface area contributed by atoms with Crippen LogP contribution in [0.15, 0.2) is 59.3 Å². The molecule has 0 unspecified atom stereocenters. The molecule has 5 rings (SSSR count). The lowest BCUT2D eigenvalue weighted by Crippen LogP contribution is -2.33. The second kappa shape index (κ2) is 13.2. The smallest absolute Gasteiger partial charge is 0.410 e. The Morgan fingerprint density at radius 2 is 1.95 bits per heavy atom. The summed E-state index contributed by atoms with van der Waals surface area (Å²) in [5, 5.41) is 11.2. The molecule has 0 radical (unpaired) electrons. The van der Waals surface area contributed by atoms with Crippen LogP contribution in [0.3, 0.4) is 0 Å². The van der Waals surface area contributed by atoms with E-state index in [2.05, 4.69) is 31.5 Å². The summed E-state index contributed by atoms with van der Waals surface area (Å²) in [6.45, 7) is 1.93. The zero-order valence-corrected chi connectivity index (χ0v) is 24.9. The number of ether oxygens (including phenoxy) is 1. The average Bonchev–Trinajstić information content (AvgIpc) is 3.74. The normalized spacial score (nSPS) is 13.0. The first kappa shape index (κ1) is 28.7. The Morgan fingerprint density at radius 3 is 2.66 bits per heavy atom. The van der Waals surface area contributed by atoms with Crippen LogP contribution in [-0.2, 0) is 6.54 Å². The van der Waals surface area contributed by atoms with Gasteiger partial charge in [-0.05, 0) is 84.8 Å². The predicted octanol–water partition coefficient (Wildman–Crippen LogP) is 5.74. The molecule has 11 heteroatoms. The van der Waals surface area contributed by atoms with Gasteiger partial charge in [0.15, 0.2) is 11.5 Å². The summed E-state index contributed by atoms with van der Waals surface area (Å²) in [5.74, 6) is 1.50. The third-order valence-corrected chi connectivity index (χ3v) is 7.53. The molecule has 0 bridgehead atoms. The number of carbonyl (C=O) groups excluding carboxylic acids is 2. The Balaban J connectivity index is 1.37. The standard InChI is InChI=1S/C30H34BrN7O3/c1-37(2)17-15-33-30(40)41-23-12-10-21(11-13-23)26-25(31)18-24-27(35-29(39)22-7-5-14-32-19-22)36-38(28(24)34-26)16-4-3-6-20-8-9-20/h5,7,10-14,18-20H,3-4,6,8-9,15-17H2,1-2H3,(H,33,40)(H,35,36,39). The number of likely N-dealkylation sites (N-methyl/N-ethyl adjacent to an activating group) is 1. The van der Waals surface area contributed by atoms with E-state index in [1.165, 1.54) is 25.5 Å². The second-order valence-corrected chi connectivity index (χ2v) is 11.4. The van der Waals surface area contributed by atoms with Gasteiger partial charge in [0.2, 0.25) is 0 Å². The molecule has 0 aliphatic heterocycles. The molecule has 1 aliphatic rings. The van der Waals surface area contributed by atoms with E-state index >= 15 is 0 Å². The van der Waals surface area contributed by atoms with Gasteiger partial charge in [-0.3, -0.25) is 9.78 Å². The number of anilines is 1. The maximum Gasteiger partial charge on any atom is 0.412 e. The minimum absolute atomic E-state index is 0.278. The molecule has 3 heterocycles. The van der Waals surface area contributed by atoms with Crippen LogP contribution >= 0.6 is 15.9 Å². The Labute approximate surface area is 247 Å². The minimum atomic E-state index is -0.494. The molecule has 2 N–H and O–H groups in total. The summed E-state index contributed by atoms with van der Waals surface area (Å²) in [6.07, 6.45) is 8.72. The molecule has 4 aromatic rings. The first-order valence-electron chi connectivity index (χ1n) is 13.9. The van der Waals surface area contributed by atoms with Crippen molar-refractivity contribution in [2.75, 3.05) is 32.5 Å². The third-order valence-electron chi connectivity index (χ3n) is 6.93. The number of fused-ring (bicyclic) bond motifs is 1. The molecule has 0 atom stereocenters. The largest absolute Gasteiger partial charge is 0.412 e. The van der Waals surface area contributed by atoms with Crippen molar-refractivity contribution in [1.82, 2.24) is 30.0 Å². The van der Waals surface area contributed by atoms with Crippen LogP contribution in [0.25, 0.3) is 22.3 Å². The monoisotopic (exact) mass is 619 g/mol. The van der Waals surface area contributed by atoms with Crippen molar-refractivity contribution in [3.63, 3.8) is 0 Å². The van der Waals surface area contributed by atoms with Crippen molar-refractivity contribution in [3.8, 4) is 17.0 Å². The molecule has 10 nitrogen and oxygen atoms in total. The number of nitrogens with zero attached hydrogens (tertiary/aromatic N) is 5. The number of hydrogen-bond donors (Lipinski definition) is 2. The highest BCUT2D eigenvalue weighted by atomic mass is 79.9. The molecule has 1 aliphatic carbocycles. The van der Waals surface area contributed by atoms with E-state index in [0.717, 1.165) is 46.4 Å². The fourth-order valence-electron chi connectivity index (χ4n) is 4.51. The first-order valence-corrected chi connectivity index (χ1v) is 14.7. The van der Waals surface area contributed by atoms with E-state index in [0.29, 0.717) is 35.9 Å².